The largest absolute Gasteiger partial charge is 0.354 e. The Morgan fingerprint density at radius 3 is 2.76 bits per heavy atom. The molecule has 1 aromatic rings. The van der Waals surface area contributed by atoms with Crippen molar-refractivity contribution in [3.8, 4) is 0 Å². The fourth-order valence-electron chi connectivity index (χ4n) is 1.86. The zero-order valence-corrected chi connectivity index (χ0v) is 10.6. The van der Waals surface area contributed by atoms with Crippen molar-refractivity contribution >= 4 is 5.91 Å². The maximum atomic E-state index is 12.1. The van der Waals surface area contributed by atoms with Crippen LogP contribution in [0.3, 0.4) is 0 Å². The molecule has 1 unspecified atom stereocenters. The molecule has 0 aromatic carbocycles. The molecule has 1 amide bonds. The molecule has 0 bridgehead atoms. The monoisotopic (exact) mass is 237 g/mol. The molecule has 0 aliphatic rings. The predicted octanol–water partition coefficient (Wildman–Crippen LogP) is 1.35. The third-order valence-electron chi connectivity index (χ3n) is 2.80. The van der Waals surface area contributed by atoms with Gasteiger partial charge in [0.25, 0.3) is 11.5 Å². The van der Waals surface area contributed by atoms with E-state index in [0.29, 0.717) is 0 Å². The van der Waals surface area contributed by atoms with Crippen molar-refractivity contribution in [2.75, 3.05) is 7.05 Å². The van der Waals surface area contributed by atoms with E-state index < -0.39 is 5.91 Å². The molecule has 1 rings (SSSR count). The third-order valence-corrected chi connectivity index (χ3v) is 2.80. The Balaban J connectivity index is 3.17. The van der Waals surface area contributed by atoms with E-state index in [1.54, 1.807) is 10.8 Å². The molecule has 5 nitrogen and oxygen atoms in total. The SMILES string of the molecule is CCCC(CC)n1ccnc(C(=O)NC)c1=O. The van der Waals surface area contributed by atoms with Gasteiger partial charge in [-0.2, -0.15) is 0 Å². The van der Waals surface area contributed by atoms with Gasteiger partial charge in [0.15, 0.2) is 5.69 Å². The van der Waals surface area contributed by atoms with Crippen molar-refractivity contribution in [2.24, 2.45) is 0 Å². The number of nitrogens with zero attached hydrogens (tertiary/aromatic N) is 2. The maximum absolute atomic E-state index is 12.1. The van der Waals surface area contributed by atoms with E-state index in [4.69, 9.17) is 0 Å². The van der Waals surface area contributed by atoms with E-state index in [0.717, 1.165) is 19.3 Å². The Morgan fingerprint density at radius 2 is 2.24 bits per heavy atom. The van der Waals surface area contributed by atoms with Crippen molar-refractivity contribution in [2.45, 2.75) is 39.2 Å². The molecule has 1 N–H and O–H groups in total. The van der Waals surface area contributed by atoms with Gasteiger partial charge in [-0.15, -0.1) is 0 Å². The van der Waals surface area contributed by atoms with Crippen LogP contribution in [-0.2, 0) is 0 Å². The summed E-state index contributed by atoms with van der Waals surface area (Å²) in [5.74, 6) is -0.435. The average molecular weight is 237 g/mol. The summed E-state index contributed by atoms with van der Waals surface area (Å²) in [6, 6.07) is 0.138. The van der Waals surface area contributed by atoms with E-state index in [-0.39, 0.29) is 17.3 Å². The lowest BCUT2D eigenvalue weighted by molar-refractivity contribution is 0.0955. The Labute approximate surface area is 101 Å². The van der Waals surface area contributed by atoms with Crippen LogP contribution in [-0.4, -0.2) is 22.5 Å². The number of carbonyl (C=O) groups excluding carboxylic acids is 1. The van der Waals surface area contributed by atoms with Gasteiger partial charge in [-0.3, -0.25) is 9.59 Å². The summed E-state index contributed by atoms with van der Waals surface area (Å²) in [6.45, 7) is 4.11. The van der Waals surface area contributed by atoms with Crippen LogP contribution in [0.15, 0.2) is 17.2 Å². The fourth-order valence-corrected chi connectivity index (χ4v) is 1.86. The number of nitrogens with one attached hydrogen (secondary N) is 1. The van der Waals surface area contributed by atoms with Gasteiger partial charge in [0.2, 0.25) is 0 Å². The van der Waals surface area contributed by atoms with E-state index in [1.165, 1.54) is 13.2 Å². The molecule has 94 valence electrons. The molecule has 1 atom stereocenters. The Hall–Kier alpha value is -1.65. The number of aromatic nitrogens is 2. The summed E-state index contributed by atoms with van der Waals surface area (Å²) in [7, 11) is 1.49. The molecule has 1 aromatic heterocycles. The first-order chi connectivity index (χ1) is 8.15. The van der Waals surface area contributed by atoms with Gasteiger partial charge in [0, 0.05) is 25.5 Å². The molecule has 1 heterocycles. The average Bonchev–Trinajstić information content (AvgIpc) is 2.36. The quantitative estimate of drug-likeness (QED) is 0.840. The molecule has 0 radical (unpaired) electrons. The third kappa shape index (κ3) is 2.93. The second-order valence-electron chi connectivity index (χ2n) is 3.92. The Morgan fingerprint density at radius 1 is 1.53 bits per heavy atom. The van der Waals surface area contributed by atoms with E-state index in [2.05, 4.69) is 17.2 Å². The molecule has 0 saturated heterocycles. The minimum absolute atomic E-state index is 0.0375. The second-order valence-corrected chi connectivity index (χ2v) is 3.92. The lowest BCUT2D eigenvalue weighted by Crippen LogP contribution is -2.34. The number of hydrogen-bond donors (Lipinski definition) is 1. The fraction of sp³-hybridized carbons (Fsp3) is 0.583. The van der Waals surface area contributed by atoms with Crippen LogP contribution < -0.4 is 10.9 Å². The highest BCUT2D eigenvalue weighted by Crippen LogP contribution is 2.15. The first-order valence-electron chi connectivity index (χ1n) is 5.94. The molecule has 0 aliphatic carbocycles. The summed E-state index contributed by atoms with van der Waals surface area (Å²) in [5.41, 5.74) is -0.350. The first-order valence-corrected chi connectivity index (χ1v) is 5.94. The first kappa shape index (κ1) is 13.4. The molecule has 0 fully saturated rings. The lowest BCUT2D eigenvalue weighted by Gasteiger charge is -2.17. The Kier molecular flexibility index (Phi) is 4.87. The number of hydrogen-bond acceptors (Lipinski definition) is 3. The second kappa shape index (κ2) is 6.18. The number of amides is 1. The molecule has 5 heteroatoms. The van der Waals surface area contributed by atoms with Crippen molar-refractivity contribution in [1.82, 2.24) is 14.9 Å². The molecular formula is C12H19N3O2. The van der Waals surface area contributed by atoms with E-state index in [9.17, 15) is 9.59 Å². The van der Waals surface area contributed by atoms with Crippen molar-refractivity contribution < 1.29 is 4.79 Å². The van der Waals surface area contributed by atoms with Crippen molar-refractivity contribution in [3.63, 3.8) is 0 Å². The van der Waals surface area contributed by atoms with Crippen molar-refractivity contribution in [1.29, 1.82) is 0 Å². The van der Waals surface area contributed by atoms with Crippen LogP contribution in [0, 0.1) is 0 Å². The van der Waals surface area contributed by atoms with Crippen LogP contribution in [0.1, 0.15) is 49.6 Å². The summed E-state index contributed by atoms with van der Waals surface area (Å²) in [6.07, 6.45) is 5.95. The lowest BCUT2D eigenvalue weighted by atomic mass is 10.1. The van der Waals surface area contributed by atoms with E-state index >= 15 is 0 Å². The van der Waals surface area contributed by atoms with Crippen LogP contribution in [0.4, 0.5) is 0 Å². The molecule has 0 saturated carbocycles. The van der Waals surface area contributed by atoms with Crippen LogP contribution in [0.5, 0.6) is 0 Å². The van der Waals surface area contributed by atoms with Crippen LogP contribution in [0.25, 0.3) is 0 Å². The summed E-state index contributed by atoms with van der Waals surface area (Å²) in [5, 5.41) is 2.42. The minimum Gasteiger partial charge on any atom is -0.354 e. The zero-order chi connectivity index (χ0) is 12.8. The highest BCUT2D eigenvalue weighted by Gasteiger charge is 2.16. The van der Waals surface area contributed by atoms with Gasteiger partial charge in [0.1, 0.15) is 0 Å². The normalized spacial score (nSPS) is 12.2. The maximum Gasteiger partial charge on any atom is 0.282 e. The van der Waals surface area contributed by atoms with Gasteiger partial charge >= 0.3 is 0 Å². The molecular weight excluding hydrogens is 218 g/mol. The van der Waals surface area contributed by atoms with Gasteiger partial charge in [-0.05, 0) is 12.8 Å². The van der Waals surface area contributed by atoms with Gasteiger partial charge < -0.3 is 9.88 Å². The highest BCUT2D eigenvalue weighted by molar-refractivity contribution is 5.91. The van der Waals surface area contributed by atoms with Crippen LogP contribution in [0.2, 0.25) is 0 Å². The van der Waals surface area contributed by atoms with E-state index in [1.807, 2.05) is 6.92 Å². The zero-order valence-electron chi connectivity index (χ0n) is 10.6. The molecule has 0 aliphatic heterocycles. The summed E-state index contributed by atoms with van der Waals surface area (Å²) in [4.78, 5) is 27.4. The predicted molar refractivity (Wildman–Crippen MR) is 66.1 cm³/mol. The topological polar surface area (TPSA) is 64.0 Å². The number of carbonyl (C=O) groups is 1. The smallest absolute Gasteiger partial charge is 0.282 e. The number of rotatable bonds is 5. The molecule has 0 spiro atoms. The van der Waals surface area contributed by atoms with Crippen molar-refractivity contribution in [3.05, 3.63) is 28.4 Å². The van der Waals surface area contributed by atoms with Crippen LogP contribution >= 0.6 is 0 Å². The van der Waals surface area contributed by atoms with Gasteiger partial charge in [-0.25, -0.2) is 4.98 Å². The van der Waals surface area contributed by atoms with Gasteiger partial charge in [0.05, 0.1) is 0 Å². The Bertz CT molecular complexity index is 440. The standard InChI is InChI=1S/C12H19N3O2/c1-4-6-9(5-2)15-8-7-14-10(12(15)17)11(16)13-3/h7-9H,4-6H2,1-3H3,(H,13,16). The van der Waals surface area contributed by atoms with Gasteiger partial charge in [-0.1, -0.05) is 20.3 Å². The highest BCUT2D eigenvalue weighted by atomic mass is 16.2. The summed E-state index contributed by atoms with van der Waals surface area (Å²) >= 11 is 0. The molecule has 17 heavy (non-hydrogen) atoms. The minimum atomic E-state index is -0.435. The summed E-state index contributed by atoms with van der Waals surface area (Å²) < 4.78 is 1.61.